The minimum absolute atomic E-state index is 0.0797. The number of rotatable bonds is 4. The first-order valence-corrected chi connectivity index (χ1v) is 6.13. The molecular formula is C11H12N2O3S. The van der Waals surface area contributed by atoms with Gasteiger partial charge < -0.3 is 0 Å². The van der Waals surface area contributed by atoms with Crippen LogP contribution < -0.4 is 5.48 Å². The van der Waals surface area contributed by atoms with E-state index in [2.05, 4.69) is 16.3 Å². The highest BCUT2D eigenvalue weighted by Gasteiger charge is 2.17. The van der Waals surface area contributed by atoms with Crippen molar-refractivity contribution in [3.05, 3.63) is 35.9 Å². The van der Waals surface area contributed by atoms with Crippen LogP contribution in [0.1, 0.15) is 18.1 Å². The van der Waals surface area contributed by atoms with E-state index in [9.17, 15) is 8.42 Å². The van der Waals surface area contributed by atoms with Crippen molar-refractivity contribution >= 4 is 15.7 Å². The Morgan fingerprint density at radius 2 is 2.12 bits per heavy atom. The van der Waals surface area contributed by atoms with E-state index in [4.69, 9.17) is 5.26 Å². The number of benzene rings is 1. The Bertz CT molecular complexity index is 585. The van der Waals surface area contributed by atoms with Crippen LogP contribution in [0.4, 0.5) is 0 Å². The Morgan fingerprint density at radius 1 is 1.47 bits per heavy atom. The quantitative estimate of drug-likeness (QED) is 0.820. The Kier molecular flexibility index (Phi) is 4.02. The molecule has 0 fully saturated rings. The van der Waals surface area contributed by atoms with Crippen LogP contribution in [0.3, 0.4) is 0 Å². The number of hydrogen-bond acceptors (Lipinski definition) is 5. The Balaban J connectivity index is 3.41. The minimum Gasteiger partial charge on any atom is -0.192 e. The van der Waals surface area contributed by atoms with Gasteiger partial charge in [0.05, 0.1) is 16.5 Å². The zero-order valence-corrected chi connectivity index (χ0v) is 10.3. The monoisotopic (exact) mass is 252 g/mol. The maximum atomic E-state index is 11.7. The highest BCUT2D eigenvalue weighted by atomic mass is 32.2. The molecule has 90 valence electrons. The molecule has 5 nitrogen and oxygen atoms in total. The molecular weight excluding hydrogens is 240 g/mol. The summed E-state index contributed by atoms with van der Waals surface area (Å²) in [5.41, 5.74) is 3.59. The zero-order chi connectivity index (χ0) is 13.1. The predicted molar refractivity (Wildman–Crippen MR) is 63.2 cm³/mol. The van der Waals surface area contributed by atoms with Gasteiger partial charge in [0.15, 0.2) is 0 Å². The predicted octanol–water partition coefficient (Wildman–Crippen LogP) is 1.43. The van der Waals surface area contributed by atoms with Crippen molar-refractivity contribution in [1.29, 1.82) is 5.26 Å². The van der Waals surface area contributed by atoms with Gasteiger partial charge in [-0.25, -0.2) is 0 Å². The maximum absolute atomic E-state index is 11.7. The standard InChI is InChI=1S/C11H12N2O3S/c1-8(2)10-4-9(7-12)5-11(6-10)17(14,15)16-13-3/h4-6,13H,1H2,2-3H3. The minimum atomic E-state index is -3.90. The lowest BCUT2D eigenvalue weighted by Crippen LogP contribution is -2.16. The van der Waals surface area contributed by atoms with E-state index in [1.807, 2.05) is 6.07 Å². The van der Waals surface area contributed by atoms with Crippen LogP contribution in [0.5, 0.6) is 0 Å². The fraction of sp³-hybridized carbons (Fsp3) is 0.182. The van der Waals surface area contributed by atoms with Gasteiger partial charge >= 0.3 is 10.1 Å². The second-order valence-corrected chi connectivity index (χ2v) is 4.93. The van der Waals surface area contributed by atoms with Crippen LogP contribution in [0.15, 0.2) is 29.7 Å². The summed E-state index contributed by atoms with van der Waals surface area (Å²) in [6.45, 7) is 5.44. The molecule has 17 heavy (non-hydrogen) atoms. The molecule has 0 saturated carbocycles. The van der Waals surface area contributed by atoms with E-state index >= 15 is 0 Å². The third-order valence-corrected chi connectivity index (χ3v) is 3.21. The molecule has 0 aromatic heterocycles. The second-order valence-electron chi connectivity index (χ2n) is 3.38. The largest absolute Gasteiger partial charge is 0.312 e. The van der Waals surface area contributed by atoms with Gasteiger partial charge in [-0.05, 0) is 30.7 Å². The number of nitrogens with one attached hydrogen (secondary N) is 1. The number of nitriles is 1. The summed E-state index contributed by atoms with van der Waals surface area (Å²) < 4.78 is 27.7. The molecule has 0 heterocycles. The summed E-state index contributed by atoms with van der Waals surface area (Å²) in [7, 11) is -2.56. The summed E-state index contributed by atoms with van der Waals surface area (Å²) in [4.78, 5) is -0.0797. The van der Waals surface area contributed by atoms with E-state index < -0.39 is 10.1 Å². The Labute approximate surface area is 100 Å². The van der Waals surface area contributed by atoms with Gasteiger partial charge in [-0.15, -0.1) is 0 Å². The van der Waals surface area contributed by atoms with Gasteiger partial charge in [0, 0.05) is 7.05 Å². The van der Waals surface area contributed by atoms with Gasteiger partial charge in [0.2, 0.25) is 0 Å². The van der Waals surface area contributed by atoms with Crippen molar-refractivity contribution in [1.82, 2.24) is 5.48 Å². The Morgan fingerprint density at radius 3 is 2.59 bits per heavy atom. The molecule has 0 saturated heterocycles. The molecule has 1 N–H and O–H groups in total. The highest BCUT2D eigenvalue weighted by Crippen LogP contribution is 2.20. The first-order valence-electron chi connectivity index (χ1n) is 4.72. The SMILES string of the molecule is C=C(C)c1cc(C#N)cc(S(=O)(=O)ONC)c1. The molecule has 0 amide bonds. The fourth-order valence-electron chi connectivity index (χ4n) is 1.21. The molecule has 0 atom stereocenters. The number of allylic oxidation sites excluding steroid dienone is 1. The Hall–Kier alpha value is -1.68. The molecule has 0 spiro atoms. The molecule has 1 aromatic carbocycles. The van der Waals surface area contributed by atoms with E-state index in [1.165, 1.54) is 19.2 Å². The normalized spacial score (nSPS) is 10.9. The summed E-state index contributed by atoms with van der Waals surface area (Å²) in [5, 5.41) is 8.83. The molecule has 1 aromatic rings. The van der Waals surface area contributed by atoms with E-state index in [0.717, 1.165) is 0 Å². The van der Waals surface area contributed by atoms with Crippen molar-refractivity contribution in [2.45, 2.75) is 11.8 Å². The average Bonchev–Trinajstić information content (AvgIpc) is 2.28. The lowest BCUT2D eigenvalue weighted by Gasteiger charge is -2.07. The van der Waals surface area contributed by atoms with Crippen molar-refractivity contribution in [3.8, 4) is 6.07 Å². The third kappa shape index (κ3) is 3.14. The second kappa shape index (κ2) is 5.10. The van der Waals surface area contributed by atoms with Gasteiger partial charge in [0.25, 0.3) is 0 Å². The average molecular weight is 252 g/mol. The van der Waals surface area contributed by atoms with Crippen LogP contribution in [-0.4, -0.2) is 15.5 Å². The molecule has 0 aliphatic rings. The van der Waals surface area contributed by atoms with Gasteiger partial charge in [-0.1, -0.05) is 12.2 Å². The van der Waals surface area contributed by atoms with Crippen molar-refractivity contribution < 1.29 is 12.7 Å². The van der Waals surface area contributed by atoms with Crippen molar-refractivity contribution in [2.24, 2.45) is 0 Å². The third-order valence-electron chi connectivity index (χ3n) is 2.01. The molecule has 0 unspecified atom stereocenters. The molecule has 1 rings (SSSR count). The topological polar surface area (TPSA) is 79.2 Å². The fourth-order valence-corrected chi connectivity index (χ4v) is 2.07. The molecule has 0 aliphatic heterocycles. The van der Waals surface area contributed by atoms with Gasteiger partial charge in [-0.2, -0.15) is 23.4 Å². The van der Waals surface area contributed by atoms with Crippen LogP contribution in [0, 0.1) is 11.3 Å². The molecule has 0 radical (unpaired) electrons. The van der Waals surface area contributed by atoms with Gasteiger partial charge in [0.1, 0.15) is 0 Å². The maximum Gasteiger partial charge on any atom is 0.312 e. The first kappa shape index (κ1) is 13.4. The summed E-state index contributed by atoms with van der Waals surface area (Å²) in [6, 6.07) is 6.13. The summed E-state index contributed by atoms with van der Waals surface area (Å²) in [5.74, 6) is 0. The van der Waals surface area contributed by atoms with Crippen LogP contribution in [0.25, 0.3) is 5.57 Å². The zero-order valence-electron chi connectivity index (χ0n) is 9.52. The van der Waals surface area contributed by atoms with E-state index in [0.29, 0.717) is 11.1 Å². The van der Waals surface area contributed by atoms with Crippen LogP contribution in [0.2, 0.25) is 0 Å². The van der Waals surface area contributed by atoms with Gasteiger partial charge in [-0.3, -0.25) is 0 Å². The summed E-state index contributed by atoms with van der Waals surface area (Å²) >= 11 is 0. The number of hydrogen-bond donors (Lipinski definition) is 1. The first-order chi connectivity index (χ1) is 7.90. The molecule has 0 bridgehead atoms. The van der Waals surface area contributed by atoms with Crippen molar-refractivity contribution in [3.63, 3.8) is 0 Å². The van der Waals surface area contributed by atoms with Crippen molar-refractivity contribution in [2.75, 3.05) is 7.05 Å². The van der Waals surface area contributed by atoms with Crippen LogP contribution in [-0.2, 0) is 14.4 Å². The summed E-state index contributed by atoms with van der Waals surface area (Å²) in [6.07, 6.45) is 0. The molecule has 0 aliphatic carbocycles. The molecule has 6 heteroatoms. The smallest absolute Gasteiger partial charge is 0.192 e. The van der Waals surface area contributed by atoms with E-state index in [1.54, 1.807) is 13.0 Å². The van der Waals surface area contributed by atoms with Crippen LogP contribution >= 0.6 is 0 Å². The number of hydroxylamine groups is 1. The lowest BCUT2D eigenvalue weighted by atomic mass is 10.1. The number of nitrogens with zero attached hydrogens (tertiary/aromatic N) is 1. The highest BCUT2D eigenvalue weighted by molar-refractivity contribution is 7.86. The van der Waals surface area contributed by atoms with E-state index in [-0.39, 0.29) is 10.5 Å². The lowest BCUT2D eigenvalue weighted by molar-refractivity contribution is 0.231.